The van der Waals surface area contributed by atoms with Gasteiger partial charge in [-0.1, -0.05) is 0 Å². The molecule has 0 fully saturated rings. The molecule has 0 radical (unpaired) electrons. The summed E-state index contributed by atoms with van der Waals surface area (Å²) in [6.07, 6.45) is 1.42. The number of carbonyl (C=O) groups is 1. The predicted octanol–water partition coefficient (Wildman–Crippen LogP) is 2.10. The first kappa shape index (κ1) is 10.1. The van der Waals surface area contributed by atoms with E-state index >= 15 is 0 Å². The molecule has 0 aliphatic heterocycles. The minimum absolute atomic E-state index is 0.00259. The first-order valence-corrected chi connectivity index (χ1v) is 5.51. The molecule has 2 rings (SSSR count). The number of carbonyl (C=O) groups excluding carboxylic acids is 1. The standard InChI is InChI=1S/C11H9NO2S/c12-6-15-10-4-1-7-5-8(13)2-3-9(7)11(10)14/h2-3,5,10,13H,1,4H2. The molecule has 15 heavy (non-hydrogen) atoms. The van der Waals surface area contributed by atoms with Crippen LogP contribution in [0.5, 0.6) is 5.75 Å². The van der Waals surface area contributed by atoms with Gasteiger partial charge in [0, 0.05) is 5.56 Å². The molecule has 0 saturated carbocycles. The van der Waals surface area contributed by atoms with Gasteiger partial charge in [0.1, 0.15) is 11.2 Å². The van der Waals surface area contributed by atoms with Crippen molar-refractivity contribution in [3.05, 3.63) is 29.3 Å². The van der Waals surface area contributed by atoms with E-state index in [1.807, 2.05) is 5.40 Å². The van der Waals surface area contributed by atoms with Crippen molar-refractivity contribution < 1.29 is 9.90 Å². The lowest BCUT2D eigenvalue weighted by Crippen LogP contribution is -2.24. The van der Waals surface area contributed by atoms with Crippen molar-refractivity contribution >= 4 is 17.5 Å². The van der Waals surface area contributed by atoms with Gasteiger partial charge in [0.2, 0.25) is 0 Å². The minimum Gasteiger partial charge on any atom is -0.508 e. The fraction of sp³-hybridized carbons (Fsp3) is 0.273. The van der Waals surface area contributed by atoms with E-state index in [1.54, 1.807) is 12.1 Å². The molecule has 3 nitrogen and oxygen atoms in total. The highest BCUT2D eigenvalue weighted by molar-refractivity contribution is 8.05. The Hall–Kier alpha value is -1.47. The number of nitriles is 1. The highest BCUT2D eigenvalue weighted by Crippen LogP contribution is 2.30. The molecule has 1 unspecified atom stereocenters. The summed E-state index contributed by atoms with van der Waals surface area (Å²) in [5, 5.41) is 19.5. The first-order valence-electron chi connectivity index (χ1n) is 4.63. The van der Waals surface area contributed by atoms with Crippen molar-refractivity contribution in [3.63, 3.8) is 0 Å². The normalized spacial score (nSPS) is 19.4. The molecule has 1 atom stereocenters. The number of thioether (sulfide) groups is 1. The lowest BCUT2D eigenvalue weighted by molar-refractivity contribution is 0.0979. The van der Waals surface area contributed by atoms with Gasteiger partial charge in [-0.15, -0.1) is 0 Å². The number of ketones is 1. The van der Waals surface area contributed by atoms with Crippen LogP contribution in [0.25, 0.3) is 0 Å². The van der Waals surface area contributed by atoms with Crippen LogP contribution in [0.3, 0.4) is 0 Å². The maximum absolute atomic E-state index is 11.9. The van der Waals surface area contributed by atoms with Crippen LogP contribution in [-0.4, -0.2) is 16.1 Å². The predicted molar refractivity (Wildman–Crippen MR) is 57.8 cm³/mol. The van der Waals surface area contributed by atoms with Gasteiger partial charge in [0.25, 0.3) is 0 Å². The van der Waals surface area contributed by atoms with Gasteiger partial charge >= 0.3 is 0 Å². The lowest BCUT2D eigenvalue weighted by Gasteiger charge is -2.20. The number of rotatable bonds is 1. The molecule has 76 valence electrons. The van der Waals surface area contributed by atoms with Crippen molar-refractivity contribution in [3.8, 4) is 11.2 Å². The summed E-state index contributed by atoms with van der Waals surface area (Å²) in [5.41, 5.74) is 1.53. The van der Waals surface area contributed by atoms with Gasteiger partial charge in [-0.05, 0) is 48.4 Å². The number of phenolic OH excluding ortho intramolecular Hbond substituents is 1. The summed E-state index contributed by atoms with van der Waals surface area (Å²) >= 11 is 1.02. The van der Waals surface area contributed by atoms with Crippen LogP contribution in [0.2, 0.25) is 0 Å². The number of thiocyanates is 1. The van der Waals surface area contributed by atoms with E-state index in [2.05, 4.69) is 0 Å². The molecular formula is C11H9NO2S. The zero-order valence-electron chi connectivity index (χ0n) is 7.93. The number of phenols is 1. The Bertz CT molecular complexity index is 450. The third kappa shape index (κ3) is 1.83. The summed E-state index contributed by atoms with van der Waals surface area (Å²) in [6.45, 7) is 0. The van der Waals surface area contributed by atoms with Crippen molar-refractivity contribution in [1.29, 1.82) is 5.26 Å². The van der Waals surface area contributed by atoms with Crippen LogP contribution < -0.4 is 0 Å². The summed E-state index contributed by atoms with van der Waals surface area (Å²) < 4.78 is 0. The molecule has 0 spiro atoms. The van der Waals surface area contributed by atoms with Crippen LogP contribution >= 0.6 is 11.8 Å². The molecule has 0 saturated heterocycles. The average Bonchev–Trinajstić information content (AvgIpc) is 2.22. The summed E-state index contributed by atoms with van der Waals surface area (Å²) in [6, 6.07) is 4.77. The minimum atomic E-state index is -0.243. The maximum atomic E-state index is 11.9. The number of hydrogen-bond donors (Lipinski definition) is 1. The molecule has 1 aromatic carbocycles. The fourth-order valence-corrected chi connectivity index (χ4v) is 2.39. The first-order chi connectivity index (χ1) is 7.22. The van der Waals surface area contributed by atoms with E-state index < -0.39 is 0 Å². The molecule has 1 aromatic rings. The SMILES string of the molecule is N#CSC1CCc2cc(O)ccc2C1=O. The molecule has 1 aliphatic carbocycles. The van der Waals surface area contributed by atoms with Gasteiger partial charge in [-0.25, -0.2) is 0 Å². The van der Waals surface area contributed by atoms with Gasteiger partial charge in [0.15, 0.2) is 5.78 Å². The number of benzene rings is 1. The van der Waals surface area contributed by atoms with Crippen LogP contribution in [0.4, 0.5) is 0 Å². The third-order valence-corrected chi connectivity index (χ3v) is 3.36. The van der Waals surface area contributed by atoms with Crippen LogP contribution in [0, 0.1) is 10.7 Å². The van der Waals surface area contributed by atoms with E-state index in [-0.39, 0.29) is 16.8 Å². The summed E-state index contributed by atoms with van der Waals surface area (Å²) in [4.78, 5) is 11.9. The number of fused-ring (bicyclic) bond motifs is 1. The number of hydrogen-bond acceptors (Lipinski definition) is 4. The van der Waals surface area contributed by atoms with Gasteiger partial charge in [-0.3, -0.25) is 4.79 Å². The second kappa shape index (κ2) is 3.95. The van der Waals surface area contributed by atoms with Crippen LogP contribution in [0.1, 0.15) is 22.3 Å². The van der Waals surface area contributed by atoms with E-state index in [9.17, 15) is 9.90 Å². The third-order valence-electron chi connectivity index (χ3n) is 2.52. The quantitative estimate of drug-likeness (QED) is 0.735. The Labute approximate surface area is 91.7 Å². The topological polar surface area (TPSA) is 61.1 Å². The maximum Gasteiger partial charge on any atom is 0.177 e. The highest BCUT2D eigenvalue weighted by atomic mass is 32.2. The molecule has 0 amide bonds. The van der Waals surface area contributed by atoms with Gasteiger partial charge in [-0.2, -0.15) is 5.26 Å². The summed E-state index contributed by atoms with van der Waals surface area (Å²) in [5.74, 6) is 0.190. The number of aromatic hydroxyl groups is 1. The van der Waals surface area contributed by atoms with Crippen molar-refractivity contribution in [2.45, 2.75) is 18.1 Å². The molecule has 4 heteroatoms. The van der Waals surface area contributed by atoms with Crippen molar-refractivity contribution in [2.24, 2.45) is 0 Å². The van der Waals surface area contributed by atoms with E-state index in [1.165, 1.54) is 6.07 Å². The van der Waals surface area contributed by atoms with Gasteiger partial charge < -0.3 is 5.11 Å². The smallest absolute Gasteiger partial charge is 0.177 e. The Kier molecular flexibility index (Phi) is 2.65. The number of aryl methyl sites for hydroxylation is 1. The molecule has 1 N–H and O–H groups in total. The zero-order valence-corrected chi connectivity index (χ0v) is 8.75. The molecule has 0 heterocycles. The van der Waals surface area contributed by atoms with E-state index in [4.69, 9.17) is 5.26 Å². The number of Topliss-reactive ketones (excluding diaryl/α,β-unsaturated/α-hetero) is 1. The van der Waals surface area contributed by atoms with Crippen molar-refractivity contribution in [1.82, 2.24) is 0 Å². The monoisotopic (exact) mass is 219 g/mol. The molecule has 0 aromatic heterocycles. The number of nitrogens with zero attached hydrogens (tertiary/aromatic N) is 1. The second-order valence-electron chi connectivity index (χ2n) is 3.44. The Morgan fingerprint density at radius 3 is 3.07 bits per heavy atom. The lowest BCUT2D eigenvalue weighted by atomic mass is 9.90. The molecular weight excluding hydrogens is 210 g/mol. The fourth-order valence-electron chi connectivity index (χ4n) is 1.79. The van der Waals surface area contributed by atoms with Gasteiger partial charge in [0.05, 0.1) is 5.25 Å². The average molecular weight is 219 g/mol. The Morgan fingerprint density at radius 2 is 2.33 bits per heavy atom. The summed E-state index contributed by atoms with van der Waals surface area (Å²) in [7, 11) is 0. The highest BCUT2D eigenvalue weighted by Gasteiger charge is 2.27. The van der Waals surface area contributed by atoms with Crippen LogP contribution in [-0.2, 0) is 6.42 Å². The molecule has 1 aliphatic rings. The Balaban J connectivity index is 2.35. The zero-order chi connectivity index (χ0) is 10.8. The van der Waals surface area contributed by atoms with E-state index in [0.29, 0.717) is 12.0 Å². The largest absolute Gasteiger partial charge is 0.508 e. The van der Waals surface area contributed by atoms with Crippen LogP contribution in [0.15, 0.2) is 18.2 Å². The second-order valence-corrected chi connectivity index (χ2v) is 4.43. The van der Waals surface area contributed by atoms with E-state index in [0.717, 1.165) is 23.7 Å². The van der Waals surface area contributed by atoms with Crippen molar-refractivity contribution in [2.75, 3.05) is 0 Å². The molecule has 0 bridgehead atoms. The Morgan fingerprint density at radius 1 is 1.53 bits per heavy atom.